The maximum atomic E-state index is 6.50. The van der Waals surface area contributed by atoms with Gasteiger partial charge in [0.15, 0.2) is 0 Å². The zero-order valence-electron chi connectivity index (χ0n) is 21.7. The molecule has 0 radical (unpaired) electrons. The van der Waals surface area contributed by atoms with Crippen molar-refractivity contribution in [3.8, 4) is 56.3 Å². The molecule has 0 amide bonds. The van der Waals surface area contributed by atoms with Crippen molar-refractivity contribution in [3.63, 3.8) is 0 Å². The monoisotopic (exact) mass is 506 g/mol. The van der Waals surface area contributed by atoms with Crippen LogP contribution >= 0.6 is 0 Å². The summed E-state index contributed by atoms with van der Waals surface area (Å²) < 4.78 is 6.50. The number of hydrogen-bond acceptors (Lipinski definition) is 5. The van der Waals surface area contributed by atoms with Crippen molar-refractivity contribution in [2.24, 2.45) is 0 Å². The maximum Gasteiger partial charge on any atom is 0.131 e. The number of rotatable bonds is 6. The number of aryl methyl sites for hydroxylation is 2. The average Bonchev–Trinajstić information content (AvgIpc) is 3.00. The highest BCUT2D eigenvalue weighted by atomic mass is 16.5. The summed E-state index contributed by atoms with van der Waals surface area (Å²) in [7, 11) is 0. The predicted molar refractivity (Wildman–Crippen MR) is 155 cm³/mol. The van der Waals surface area contributed by atoms with Crippen molar-refractivity contribution in [1.29, 1.82) is 0 Å². The molecule has 5 nitrogen and oxygen atoms in total. The van der Waals surface area contributed by atoms with E-state index in [9.17, 15) is 0 Å². The van der Waals surface area contributed by atoms with Gasteiger partial charge >= 0.3 is 0 Å². The second kappa shape index (κ2) is 10.7. The van der Waals surface area contributed by atoms with Crippen LogP contribution < -0.4 is 4.74 Å². The van der Waals surface area contributed by atoms with E-state index in [1.54, 1.807) is 12.4 Å². The van der Waals surface area contributed by atoms with Gasteiger partial charge in [0.1, 0.15) is 11.5 Å². The van der Waals surface area contributed by atoms with Crippen LogP contribution in [0.4, 0.5) is 0 Å². The van der Waals surface area contributed by atoms with E-state index >= 15 is 0 Å². The van der Waals surface area contributed by atoms with Gasteiger partial charge in [-0.15, -0.1) is 0 Å². The largest absolute Gasteiger partial charge is 0.457 e. The highest BCUT2D eigenvalue weighted by Gasteiger charge is 2.12. The van der Waals surface area contributed by atoms with E-state index in [4.69, 9.17) is 4.74 Å². The van der Waals surface area contributed by atoms with Crippen LogP contribution in [-0.4, -0.2) is 20.4 Å². The van der Waals surface area contributed by atoms with E-state index < -0.39 is 0 Å². The predicted octanol–water partition coefficient (Wildman–Crippen LogP) is 8.34. The molecule has 0 aliphatic carbocycles. The Morgan fingerprint density at radius 1 is 0.436 bits per heavy atom. The van der Waals surface area contributed by atoms with Crippen LogP contribution in [0.15, 0.2) is 122 Å². The van der Waals surface area contributed by atoms with E-state index in [2.05, 4.69) is 81.1 Å². The molecule has 4 aromatic carbocycles. The highest BCUT2D eigenvalue weighted by Crippen LogP contribution is 2.35. The third kappa shape index (κ3) is 5.29. The summed E-state index contributed by atoms with van der Waals surface area (Å²) in [5, 5.41) is 17.3. The molecule has 5 heteroatoms. The highest BCUT2D eigenvalue weighted by molar-refractivity contribution is 5.72. The van der Waals surface area contributed by atoms with Crippen LogP contribution in [0, 0.1) is 13.8 Å². The van der Waals surface area contributed by atoms with Crippen LogP contribution in [0.25, 0.3) is 44.8 Å². The number of hydrogen-bond donors (Lipinski definition) is 0. The van der Waals surface area contributed by atoms with Gasteiger partial charge in [0.25, 0.3) is 0 Å². The van der Waals surface area contributed by atoms with E-state index in [1.165, 1.54) is 0 Å². The van der Waals surface area contributed by atoms with Gasteiger partial charge in [-0.3, -0.25) is 0 Å². The summed E-state index contributed by atoms with van der Waals surface area (Å²) in [5.74, 6) is 1.53. The number of aromatic nitrogens is 4. The lowest BCUT2D eigenvalue weighted by Gasteiger charge is -2.14. The van der Waals surface area contributed by atoms with Gasteiger partial charge in [-0.25, -0.2) is 0 Å². The molecule has 0 saturated heterocycles. The Morgan fingerprint density at radius 2 is 0.872 bits per heavy atom. The molecule has 0 fully saturated rings. The molecule has 0 N–H and O–H groups in total. The molecule has 0 spiro atoms. The first kappa shape index (κ1) is 24.2. The molecule has 0 aliphatic rings. The molecule has 0 aliphatic heterocycles. The smallest absolute Gasteiger partial charge is 0.131 e. The Morgan fingerprint density at radius 3 is 1.31 bits per heavy atom. The van der Waals surface area contributed by atoms with Crippen molar-refractivity contribution < 1.29 is 4.74 Å². The third-order valence-corrected chi connectivity index (χ3v) is 6.71. The zero-order chi connectivity index (χ0) is 26.6. The molecule has 2 heterocycles. The van der Waals surface area contributed by atoms with E-state index in [0.29, 0.717) is 0 Å². The summed E-state index contributed by atoms with van der Waals surface area (Å²) >= 11 is 0. The molecular weight excluding hydrogens is 480 g/mol. The normalized spacial score (nSPS) is 10.8. The number of benzene rings is 4. The van der Waals surface area contributed by atoms with E-state index in [-0.39, 0.29) is 0 Å². The van der Waals surface area contributed by atoms with Gasteiger partial charge in [0, 0.05) is 22.3 Å². The average molecular weight is 507 g/mol. The van der Waals surface area contributed by atoms with Gasteiger partial charge in [-0.1, -0.05) is 84.9 Å². The summed E-state index contributed by atoms with van der Waals surface area (Å²) in [5.41, 5.74) is 9.76. The number of ether oxygens (including phenoxy) is 1. The summed E-state index contributed by atoms with van der Waals surface area (Å²) in [6.45, 7) is 4.08. The SMILES string of the molecule is Cc1ccc(-c2cc(-c3ccccc3)cnn2)cc1Oc1cc(-c2cc(-c3ccccc3)cnn2)ccc1C. The van der Waals surface area contributed by atoms with Crippen LogP contribution in [0.1, 0.15) is 11.1 Å². The Kier molecular flexibility index (Phi) is 6.62. The fourth-order valence-corrected chi connectivity index (χ4v) is 4.45. The van der Waals surface area contributed by atoms with Gasteiger partial charge in [0.2, 0.25) is 0 Å². The lowest BCUT2D eigenvalue weighted by molar-refractivity contribution is 0.475. The first-order valence-corrected chi connectivity index (χ1v) is 12.8. The fourth-order valence-electron chi connectivity index (χ4n) is 4.45. The summed E-state index contributed by atoms with van der Waals surface area (Å²) in [6.07, 6.45) is 3.57. The third-order valence-electron chi connectivity index (χ3n) is 6.71. The Balaban J connectivity index is 1.31. The topological polar surface area (TPSA) is 60.8 Å². The first-order valence-electron chi connectivity index (χ1n) is 12.8. The van der Waals surface area contributed by atoms with Crippen LogP contribution in [0.5, 0.6) is 11.5 Å². The quantitative estimate of drug-likeness (QED) is 0.227. The Bertz CT molecular complexity index is 1620. The van der Waals surface area contributed by atoms with Gasteiger partial charge in [-0.2, -0.15) is 20.4 Å². The van der Waals surface area contributed by atoms with Crippen molar-refractivity contribution in [3.05, 3.63) is 133 Å². The lowest BCUT2D eigenvalue weighted by Crippen LogP contribution is -1.95. The minimum atomic E-state index is 0.767. The van der Waals surface area contributed by atoms with Crippen molar-refractivity contribution in [2.75, 3.05) is 0 Å². The van der Waals surface area contributed by atoms with Gasteiger partial charge in [0.05, 0.1) is 23.8 Å². The van der Waals surface area contributed by atoms with Crippen molar-refractivity contribution >= 4 is 0 Å². The minimum absolute atomic E-state index is 0.767. The minimum Gasteiger partial charge on any atom is -0.457 e. The fraction of sp³-hybridized carbons (Fsp3) is 0.0588. The molecule has 0 saturated carbocycles. The Hall–Kier alpha value is -5.16. The van der Waals surface area contributed by atoms with Crippen LogP contribution in [-0.2, 0) is 0 Å². The second-order valence-corrected chi connectivity index (χ2v) is 9.45. The molecule has 39 heavy (non-hydrogen) atoms. The molecule has 0 bridgehead atoms. The molecule has 6 rings (SSSR count). The summed E-state index contributed by atoms with van der Waals surface area (Å²) in [6, 6.07) is 36.7. The molecule has 0 unspecified atom stereocenters. The lowest BCUT2D eigenvalue weighted by atomic mass is 10.0. The standard InChI is InChI=1S/C34H26N4O/c1-23-13-15-27(31-17-29(21-35-37-31)25-9-5-3-6-10-25)19-33(23)39-34-20-28(16-14-24(34)2)32-18-30(22-36-38-32)26-11-7-4-8-12-26/h3-22H,1-2H3. The van der Waals surface area contributed by atoms with Gasteiger partial charge < -0.3 is 4.74 Å². The second-order valence-electron chi connectivity index (χ2n) is 9.45. The van der Waals surface area contributed by atoms with Crippen LogP contribution in [0.2, 0.25) is 0 Å². The summed E-state index contributed by atoms with van der Waals surface area (Å²) in [4.78, 5) is 0. The molecule has 2 aromatic heterocycles. The molecule has 188 valence electrons. The first-order chi connectivity index (χ1) is 19.1. The van der Waals surface area contributed by atoms with E-state index in [1.807, 2.05) is 62.4 Å². The Labute approximate surface area is 227 Å². The van der Waals surface area contributed by atoms with Crippen molar-refractivity contribution in [1.82, 2.24) is 20.4 Å². The zero-order valence-corrected chi connectivity index (χ0v) is 21.7. The maximum absolute atomic E-state index is 6.50. The molecule has 0 atom stereocenters. The van der Waals surface area contributed by atoms with Crippen molar-refractivity contribution in [2.45, 2.75) is 13.8 Å². The van der Waals surface area contributed by atoms with Crippen LogP contribution in [0.3, 0.4) is 0 Å². The molecule has 6 aromatic rings. The van der Waals surface area contributed by atoms with Gasteiger partial charge in [-0.05, 0) is 60.4 Å². The van der Waals surface area contributed by atoms with E-state index in [0.717, 1.165) is 67.4 Å². The molecular formula is C34H26N4O. The number of nitrogens with zero attached hydrogens (tertiary/aromatic N) is 4.